The molecule has 0 fully saturated rings. The van der Waals surface area contributed by atoms with Gasteiger partial charge in [0.15, 0.2) is 0 Å². The summed E-state index contributed by atoms with van der Waals surface area (Å²) in [4.78, 5) is 0. The molecular formula is C6H9ClO2. The van der Waals surface area contributed by atoms with Crippen molar-refractivity contribution in [2.45, 2.75) is 19.6 Å². The van der Waals surface area contributed by atoms with Crippen LogP contribution in [0.4, 0.5) is 0 Å². The van der Waals surface area contributed by atoms with Gasteiger partial charge in [-0.3, -0.25) is 0 Å². The normalized spacial score (nSPS) is 24.7. The van der Waals surface area contributed by atoms with Crippen LogP contribution in [0.3, 0.4) is 0 Å². The maximum atomic E-state index is 5.46. The molecule has 0 saturated heterocycles. The molecule has 0 saturated carbocycles. The summed E-state index contributed by atoms with van der Waals surface area (Å²) >= 11 is 5.46. The summed E-state index contributed by atoms with van der Waals surface area (Å²) in [5.74, 6) is 1.12. The number of hydrogen-bond donors (Lipinski definition) is 0. The fourth-order valence-corrected chi connectivity index (χ4v) is 0.745. The summed E-state index contributed by atoms with van der Waals surface area (Å²) in [6.07, 6.45) is 2.33. The van der Waals surface area contributed by atoms with Crippen LogP contribution in [-0.2, 0) is 9.47 Å². The Hall–Kier alpha value is -0.370. The molecule has 0 aliphatic carbocycles. The lowest BCUT2D eigenvalue weighted by atomic mass is 10.5. The van der Waals surface area contributed by atoms with Crippen molar-refractivity contribution in [3.05, 3.63) is 12.0 Å². The quantitative estimate of drug-likeness (QED) is 0.557. The monoisotopic (exact) mass is 148 g/mol. The zero-order valence-electron chi connectivity index (χ0n) is 5.26. The third kappa shape index (κ3) is 1.52. The van der Waals surface area contributed by atoms with Gasteiger partial charge in [0.1, 0.15) is 12.0 Å². The first-order chi connectivity index (χ1) is 4.36. The van der Waals surface area contributed by atoms with Gasteiger partial charge in [-0.25, -0.2) is 0 Å². The lowest BCUT2D eigenvalue weighted by molar-refractivity contribution is -0.0321. The molecule has 0 radical (unpaired) electrons. The number of halogens is 1. The fraction of sp³-hybridized carbons (Fsp3) is 0.667. The van der Waals surface area contributed by atoms with Gasteiger partial charge in [-0.2, -0.15) is 0 Å². The van der Waals surface area contributed by atoms with Crippen molar-refractivity contribution in [2.75, 3.05) is 5.88 Å². The van der Waals surface area contributed by atoms with E-state index in [-0.39, 0.29) is 6.29 Å². The molecular weight excluding hydrogens is 140 g/mol. The molecule has 52 valence electrons. The summed E-state index contributed by atoms with van der Waals surface area (Å²) in [6, 6.07) is 0. The summed E-state index contributed by atoms with van der Waals surface area (Å²) in [5, 5.41) is 0. The van der Waals surface area contributed by atoms with Crippen LogP contribution in [0.1, 0.15) is 13.3 Å². The van der Waals surface area contributed by atoms with Crippen molar-refractivity contribution in [2.24, 2.45) is 0 Å². The third-order valence-corrected chi connectivity index (χ3v) is 1.36. The maximum absolute atomic E-state index is 5.46. The minimum absolute atomic E-state index is 0.0984. The third-order valence-electron chi connectivity index (χ3n) is 1.10. The molecule has 0 bridgehead atoms. The lowest BCUT2D eigenvalue weighted by Gasteiger charge is -2.06. The molecule has 1 aliphatic rings. The molecule has 0 amide bonds. The molecule has 0 spiro atoms. The molecule has 3 heteroatoms. The minimum atomic E-state index is -0.0984. The Balaban J connectivity index is 2.31. The average Bonchev–Trinajstić information content (AvgIpc) is 2.34. The number of allylic oxidation sites excluding steroid dienone is 1. The van der Waals surface area contributed by atoms with Crippen molar-refractivity contribution in [3.63, 3.8) is 0 Å². The number of hydrogen-bond acceptors (Lipinski definition) is 2. The molecule has 1 aliphatic heterocycles. The van der Waals surface area contributed by atoms with Gasteiger partial charge < -0.3 is 9.47 Å². The standard InChI is InChI=1S/C6H9ClO2/c1-2-6-8-4-5(3-7)9-6/h4,6H,2-3H2,1H3. The molecule has 9 heavy (non-hydrogen) atoms. The number of ether oxygens (including phenoxy) is 2. The Morgan fingerprint density at radius 3 is 2.89 bits per heavy atom. The van der Waals surface area contributed by atoms with Crippen LogP contribution in [0.2, 0.25) is 0 Å². The molecule has 1 unspecified atom stereocenters. The number of rotatable bonds is 2. The van der Waals surface area contributed by atoms with Gasteiger partial charge in [-0.1, -0.05) is 6.92 Å². The second-order valence-electron chi connectivity index (χ2n) is 1.81. The molecule has 0 aromatic carbocycles. The fourth-order valence-electron chi connectivity index (χ4n) is 0.619. The first-order valence-corrected chi connectivity index (χ1v) is 3.47. The zero-order chi connectivity index (χ0) is 6.69. The molecule has 0 aromatic rings. The van der Waals surface area contributed by atoms with E-state index in [0.29, 0.717) is 5.88 Å². The first kappa shape index (κ1) is 6.75. The van der Waals surface area contributed by atoms with Gasteiger partial charge in [-0.05, 0) is 0 Å². The Bertz CT molecular complexity index is 122. The zero-order valence-corrected chi connectivity index (χ0v) is 6.02. The Labute approximate surface area is 59.4 Å². The maximum Gasteiger partial charge on any atom is 0.239 e. The van der Waals surface area contributed by atoms with E-state index < -0.39 is 0 Å². The van der Waals surface area contributed by atoms with E-state index in [1.165, 1.54) is 0 Å². The van der Waals surface area contributed by atoms with Crippen LogP contribution < -0.4 is 0 Å². The van der Waals surface area contributed by atoms with Gasteiger partial charge in [0, 0.05) is 6.42 Å². The van der Waals surface area contributed by atoms with Gasteiger partial charge in [-0.15, -0.1) is 11.6 Å². The largest absolute Gasteiger partial charge is 0.459 e. The highest BCUT2D eigenvalue weighted by atomic mass is 35.5. The molecule has 0 N–H and O–H groups in total. The van der Waals surface area contributed by atoms with Crippen LogP contribution in [0.15, 0.2) is 12.0 Å². The number of alkyl halides is 1. The molecule has 1 heterocycles. The Morgan fingerprint density at radius 1 is 1.78 bits per heavy atom. The summed E-state index contributed by atoms with van der Waals surface area (Å²) in [5.41, 5.74) is 0. The summed E-state index contributed by atoms with van der Waals surface area (Å²) < 4.78 is 10.2. The highest BCUT2D eigenvalue weighted by molar-refractivity contribution is 6.19. The van der Waals surface area contributed by atoms with E-state index in [0.717, 1.165) is 12.2 Å². The summed E-state index contributed by atoms with van der Waals surface area (Å²) in [6.45, 7) is 2.00. The van der Waals surface area contributed by atoms with Crippen LogP contribution in [0, 0.1) is 0 Å². The van der Waals surface area contributed by atoms with E-state index in [2.05, 4.69) is 0 Å². The van der Waals surface area contributed by atoms with Crippen molar-refractivity contribution in [1.82, 2.24) is 0 Å². The van der Waals surface area contributed by atoms with Gasteiger partial charge >= 0.3 is 0 Å². The average molecular weight is 149 g/mol. The van der Waals surface area contributed by atoms with Gasteiger partial charge in [0.2, 0.25) is 6.29 Å². The molecule has 1 atom stereocenters. The van der Waals surface area contributed by atoms with Crippen LogP contribution in [0.5, 0.6) is 0 Å². The van der Waals surface area contributed by atoms with Crippen LogP contribution in [-0.4, -0.2) is 12.2 Å². The lowest BCUT2D eigenvalue weighted by Crippen LogP contribution is -2.05. The highest BCUT2D eigenvalue weighted by Crippen LogP contribution is 2.16. The smallest absolute Gasteiger partial charge is 0.239 e. The van der Waals surface area contributed by atoms with Crippen molar-refractivity contribution >= 4 is 11.6 Å². The molecule has 2 nitrogen and oxygen atoms in total. The summed E-state index contributed by atoms with van der Waals surface area (Å²) in [7, 11) is 0. The topological polar surface area (TPSA) is 18.5 Å². The van der Waals surface area contributed by atoms with E-state index in [1.807, 2.05) is 6.92 Å². The highest BCUT2D eigenvalue weighted by Gasteiger charge is 2.15. The van der Waals surface area contributed by atoms with E-state index in [9.17, 15) is 0 Å². The van der Waals surface area contributed by atoms with E-state index in [4.69, 9.17) is 21.1 Å². The molecule has 1 rings (SSSR count). The molecule has 0 aromatic heterocycles. The van der Waals surface area contributed by atoms with Crippen LogP contribution >= 0.6 is 11.6 Å². The van der Waals surface area contributed by atoms with Crippen molar-refractivity contribution in [3.8, 4) is 0 Å². The second-order valence-corrected chi connectivity index (χ2v) is 2.08. The van der Waals surface area contributed by atoms with E-state index in [1.54, 1.807) is 6.26 Å². The minimum Gasteiger partial charge on any atom is -0.459 e. The van der Waals surface area contributed by atoms with Crippen molar-refractivity contribution < 1.29 is 9.47 Å². The van der Waals surface area contributed by atoms with Gasteiger partial charge in [0.25, 0.3) is 0 Å². The SMILES string of the molecule is CCC1OC=C(CCl)O1. The van der Waals surface area contributed by atoms with Crippen LogP contribution in [0.25, 0.3) is 0 Å². The van der Waals surface area contributed by atoms with E-state index >= 15 is 0 Å². The predicted octanol–water partition coefficient (Wildman–Crippen LogP) is 1.85. The van der Waals surface area contributed by atoms with Crippen molar-refractivity contribution in [1.29, 1.82) is 0 Å². The second kappa shape index (κ2) is 2.97. The first-order valence-electron chi connectivity index (χ1n) is 2.94. The Morgan fingerprint density at radius 2 is 2.56 bits per heavy atom. The Kier molecular flexibility index (Phi) is 2.22. The van der Waals surface area contributed by atoms with Gasteiger partial charge in [0.05, 0.1) is 5.88 Å². The predicted molar refractivity (Wildman–Crippen MR) is 35.1 cm³/mol.